The van der Waals surface area contributed by atoms with Gasteiger partial charge in [0.1, 0.15) is 5.75 Å². The van der Waals surface area contributed by atoms with Gasteiger partial charge in [0.15, 0.2) is 0 Å². The fourth-order valence-electron chi connectivity index (χ4n) is 3.43. The smallest absolute Gasteiger partial charge is 0.394 e. The van der Waals surface area contributed by atoms with Gasteiger partial charge in [0.05, 0.1) is 6.61 Å². The van der Waals surface area contributed by atoms with Crippen LogP contribution in [-0.4, -0.2) is 35.0 Å². The Bertz CT molecular complexity index is 1000. The molecule has 1 N–H and O–H groups in total. The summed E-state index contributed by atoms with van der Waals surface area (Å²) in [5.41, 5.74) is 1.96. The maximum atomic E-state index is 12.3. The lowest BCUT2D eigenvalue weighted by Gasteiger charge is -2.22. The lowest BCUT2D eigenvalue weighted by molar-refractivity contribution is -0.156. The van der Waals surface area contributed by atoms with Crippen LogP contribution < -0.4 is 4.74 Å². The van der Waals surface area contributed by atoms with Crippen molar-refractivity contribution in [1.82, 2.24) is 4.90 Å². The molecule has 0 spiro atoms. The lowest BCUT2D eigenvalue weighted by Crippen LogP contribution is -2.37. The number of fused-ring (bicyclic) bond motifs is 1. The average molecular weight is 405 g/mol. The first-order valence-corrected chi connectivity index (χ1v) is 10.3. The summed E-state index contributed by atoms with van der Waals surface area (Å²) in [6.45, 7) is 3.33. The Kier molecular flexibility index (Phi) is 7.44. The summed E-state index contributed by atoms with van der Waals surface area (Å²) in [6, 6.07) is 21.5. The molecule has 0 saturated carbocycles. The first-order chi connectivity index (χ1) is 14.6. The van der Waals surface area contributed by atoms with Crippen LogP contribution in [-0.2, 0) is 22.6 Å². The van der Waals surface area contributed by atoms with E-state index < -0.39 is 11.9 Å². The predicted molar refractivity (Wildman–Crippen MR) is 118 cm³/mol. The zero-order valence-corrected chi connectivity index (χ0v) is 17.2. The van der Waals surface area contributed by atoms with Crippen LogP contribution in [0.15, 0.2) is 66.7 Å². The first kappa shape index (κ1) is 21.4. The number of benzene rings is 3. The third-order valence-corrected chi connectivity index (χ3v) is 5.07. The minimum absolute atomic E-state index is 0.230. The van der Waals surface area contributed by atoms with Crippen LogP contribution >= 0.6 is 0 Å². The van der Waals surface area contributed by atoms with Crippen LogP contribution in [0.25, 0.3) is 10.8 Å². The van der Waals surface area contributed by atoms with Gasteiger partial charge in [-0.05, 0) is 35.4 Å². The summed E-state index contributed by atoms with van der Waals surface area (Å²) >= 11 is 0. The van der Waals surface area contributed by atoms with Crippen LogP contribution in [0.2, 0.25) is 0 Å². The van der Waals surface area contributed by atoms with E-state index in [0.717, 1.165) is 40.5 Å². The van der Waals surface area contributed by atoms with Gasteiger partial charge in [-0.1, -0.05) is 74.0 Å². The fraction of sp³-hybridized carbons (Fsp3) is 0.280. The SMILES string of the molecule is CCCCOc1ccc(CN(CCc2ccccc2)C(=O)C(=O)O)c2ccccc12. The molecule has 5 heteroatoms. The highest BCUT2D eigenvalue weighted by Gasteiger charge is 2.22. The molecule has 156 valence electrons. The van der Waals surface area contributed by atoms with Crippen LogP contribution in [0.3, 0.4) is 0 Å². The number of rotatable bonds is 9. The van der Waals surface area contributed by atoms with E-state index in [9.17, 15) is 14.7 Å². The second-order valence-electron chi connectivity index (χ2n) is 7.24. The molecule has 5 nitrogen and oxygen atoms in total. The van der Waals surface area contributed by atoms with E-state index in [1.807, 2.05) is 66.7 Å². The van der Waals surface area contributed by atoms with Gasteiger partial charge in [-0.15, -0.1) is 0 Å². The van der Waals surface area contributed by atoms with E-state index in [-0.39, 0.29) is 6.54 Å². The Balaban J connectivity index is 1.85. The molecule has 0 heterocycles. The number of amides is 1. The molecule has 0 saturated heterocycles. The molecule has 0 radical (unpaired) electrons. The second-order valence-corrected chi connectivity index (χ2v) is 7.24. The van der Waals surface area contributed by atoms with Crippen LogP contribution in [0, 0.1) is 0 Å². The standard InChI is InChI=1S/C25H27NO4/c1-2-3-17-30-23-14-13-20(21-11-7-8-12-22(21)23)18-26(24(27)25(28)29)16-15-19-9-5-4-6-10-19/h4-14H,2-3,15-18H2,1H3,(H,28,29). The molecule has 0 aromatic heterocycles. The summed E-state index contributed by atoms with van der Waals surface area (Å²) in [5, 5.41) is 11.2. The average Bonchev–Trinajstić information content (AvgIpc) is 2.78. The third-order valence-electron chi connectivity index (χ3n) is 5.07. The number of unbranched alkanes of at least 4 members (excludes halogenated alkanes) is 1. The maximum Gasteiger partial charge on any atom is 0.394 e. The molecule has 3 rings (SSSR count). The van der Waals surface area contributed by atoms with Crippen LogP contribution in [0.5, 0.6) is 5.75 Å². The van der Waals surface area contributed by atoms with Gasteiger partial charge < -0.3 is 14.7 Å². The Morgan fingerprint density at radius 2 is 1.63 bits per heavy atom. The summed E-state index contributed by atoms with van der Waals surface area (Å²) < 4.78 is 5.94. The molecule has 30 heavy (non-hydrogen) atoms. The Morgan fingerprint density at radius 3 is 2.33 bits per heavy atom. The van der Waals surface area contributed by atoms with E-state index in [1.165, 1.54) is 4.90 Å². The third kappa shape index (κ3) is 5.38. The molecule has 0 atom stereocenters. The number of nitrogens with zero attached hydrogens (tertiary/aromatic N) is 1. The molecule has 0 unspecified atom stereocenters. The minimum atomic E-state index is -1.44. The number of aliphatic carboxylic acids is 1. The second kappa shape index (κ2) is 10.4. The first-order valence-electron chi connectivity index (χ1n) is 10.3. The van der Waals surface area contributed by atoms with Gasteiger partial charge in [0.2, 0.25) is 0 Å². The molecule has 1 amide bonds. The van der Waals surface area contributed by atoms with E-state index in [4.69, 9.17) is 4.74 Å². The molecule has 0 aliphatic carbocycles. The maximum absolute atomic E-state index is 12.3. The van der Waals surface area contributed by atoms with Crippen molar-refractivity contribution in [3.8, 4) is 5.75 Å². The molecule has 0 fully saturated rings. The zero-order valence-electron chi connectivity index (χ0n) is 17.2. The summed E-state index contributed by atoms with van der Waals surface area (Å²) in [6.07, 6.45) is 2.64. The highest BCUT2D eigenvalue weighted by atomic mass is 16.5. The molecular weight excluding hydrogens is 378 g/mol. The highest BCUT2D eigenvalue weighted by Crippen LogP contribution is 2.29. The minimum Gasteiger partial charge on any atom is -0.493 e. The number of hydrogen-bond donors (Lipinski definition) is 1. The normalized spacial score (nSPS) is 10.7. The number of carbonyl (C=O) groups is 2. The van der Waals surface area contributed by atoms with Crippen molar-refractivity contribution in [2.45, 2.75) is 32.7 Å². The van der Waals surface area contributed by atoms with Crippen molar-refractivity contribution >= 4 is 22.6 Å². The topological polar surface area (TPSA) is 66.8 Å². The van der Waals surface area contributed by atoms with Crippen LogP contribution in [0.1, 0.15) is 30.9 Å². The lowest BCUT2D eigenvalue weighted by atomic mass is 10.0. The molecule has 0 aliphatic heterocycles. The Hall–Kier alpha value is -3.34. The zero-order chi connectivity index (χ0) is 21.3. The van der Waals surface area contributed by atoms with Gasteiger partial charge >= 0.3 is 11.9 Å². The number of hydrogen-bond acceptors (Lipinski definition) is 3. The van der Waals surface area contributed by atoms with Crippen molar-refractivity contribution in [1.29, 1.82) is 0 Å². The van der Waals surface area contributed by atoms with Crippen molar-refractivity contribution in [3.05, 3.63) is 77.9 Å². The fourth-order valence-corrected chi connectivity index (χ4v) is 3.43. The van der Waals surface area contributed by atoms with E-state index in [2.05, 4.69) is 6.92 Å². The van der Waals surface area contributed by atoms with E-state index >= 15 is 0 Å². The predicted octanol–water partition coefficient (Wildman–Crippen LogP) is 4.67. The van der Waals surface area contributed by atoms with Crippen molar-refractivity contribution in [2.75, 3.05) is 13.2 Å². The van der Waals surface area contributed by atoms with Crippen molar-refractivity contribution < 1.29 is 19.4 Å². The number of ether oxygens (including phenoxy) is 1. The Labute approximate surface area is 176 Å². The molecule has 3 aromatic carbocycles. The monoisotopic (exact) mass is 405 g/mol. The quantitative estimate of drug-likeness (QED) is 0.415. The van der Waals surface area contributed by atoms with E-state index in [1.54, 1.807) is 0 Å². The van der Waals surface area contributed by atoms with Gasteiger partial charge in [0, 0.05) is 18.5 Å². The number of carboxylic acid groups (broad SMARTS) is 1. The largest absolute Gasteiger partial charge is 0.493 e. The van der Waals surface area contributed by atoms with Crippen LogP contribution in [0.4, 0.5) is 0 Å². The van der Waals surface area contributed by atoms with Gasteiger partial charge in [0.25, 0.3) is 0 Å². The summed E-state index contributed by atoms with van der Waals surface area (Å²) in [5.74, 6) is -1.52. The Morgan fingerprint density at radius 1 is 0.933 bits per heavy atom. The van der Waals surface area contributed by atoms with Gasteiger partial charge in [-0.3, -0.25) is 4.79 Å². The van der Waals surface area contributed by atoms with Crippen molar-refractivity contribution in [3.63, 3.8) is 0 Å². The molecule has 0 aliphatic rings. The highest BCUT2D eigenvalue weighted by molar-refractivity contribution is 6.31. The molecule has 3 aromatic rings. The van der Waals surface area contributed by atoms with E-state index in [0.29, 0.717) is 19.6 Å². The number of carboxylic acids is 1. The molecular formula is C25H27NO4. The van der Waals surface area contributed by atoms with Crippen molar-refractivity contribution in [2.24, 2.45) is 0 Å². The summed E-state index contributed by atoms with van der Waals surface area (Å²) in [7, 11) is 0. The number of carbonyl (C=O) groups excluding carboxylic acids is 1. The van der Waals surface area contributed by atoms with Gasteiger partial charge in [-0.25, -0.2) is 4.79 Å². The summed E-state index contributed by atoms with van der Waals surface area (Å²) in [4.78, 5) is 25.1. The molecule has 0 bridgehead atoms. The van der Waals surface area contributed by atoms with Gasteiger partial charge in [-0.2, -0.15) is 0 Å².